The number of hydrogen-bond donors (Lipinski definition) is 2. The van der Waals surface area contributed by atoms with Gasteiger partial charge in [-0.25, -0.2) is 24.8 Å². The number of rotatable bonds is 8. The molecule has 8 nitrogen and oxygen atoms in total. The maximum atomic E-state index is 11.9. The average molecular weight is 430 g/mol. The van der Waals surface area contributed by atoms with Gasteiger partial charge in [0.2, 0.25) is 0 Å². The Morgan fingerprint density at radius 1 is 1.33 bits per heavy atom. The van der Waals surface area contributed by atoms with E-state index in [4.69, 9.17) is 10.5 Å². The number of ether oxygens (including phenoxy) is 1. The minimum absolute atomic E-state index is 0.128. The van der Waals surface area contributed by atoms with Crippen LogP contribution in [0, 0.1) is 0 Å². The highest BCUT2D eigenvalue weighted by Crippen LogP contribution is 2.34. The quantitative estimate of drug-likeness (QED) is 0.323. The Morgan fingerprint density at radius 2 is 2.10 bits per heavy atom. The van der Waals surface area contributed by atoms with Crippen LogP contribution in [-0.2, 0) is 11.5 Å². The Kier molecular flexibility index (Phi) is 6.42. The number of nitrogens with two attached hydrogens (primary N) is 1. The van der Waals surface area contributed by atoms with Gasteiger partial charge in [0.25, 0.3) is 0 Å². The van der Waals surface area contributed by atoms with Crippen LogP contribution < -0.4 is 5.73 Å². The number of aliphatic imine (C=N–C) groups is 1. The summed E-state index contributed by atoms with van der Waals surface area (Å²) in [6.07, 6.45) is 11.3. The molecule has 0 aliphatic carbocycles. The highest BCUT2D eigenvalue weighted by molar-refractivity contribution is 8.32. The largest absolute Gasteiger partial charge is 0.478 e. The molecule has 2 aromatic heterocycles. The third kappa shape index (κ3) is 4.80. The predicted octanol–water partition coefficient (Wildman–Crippen LogP) is 3.10. The van der Waals surface area contributed by atoms with Gasteiger partial charge in [-0.2, -0.15) is 0 Å². The van der Waals surface area contributed by atoms with E-state index in [2.05, 4.69) is 33.7 Å². The van der Waals surface area contributed by atoms with E-state index in [9.17, 15) is 9.90 Å². The number of hydrogen-bond acceptors (Lipinski definition) is 6. The average Bonchev–Trinajstić information content (AvgIpc) is 3.05. The topological polar surface area (TPSA) is 116 Å². The number of benzene rings is 1. The fraction of sp³-hybridized carbons (Fsp3) is 0.333. The zero-order valence-electron chi connectivity index (χ0n) is 17.6. The summed E-state index contributed by atoms with van der Waals surface area (Å²) in [5.41, 5.74) is 9.33. The lowest BCUT2D eigenvalue weighted by atomic mass is 10.0. The van der Waals surface area contributed by atoms with Gasteiger partial charge in [0.15, 0.2) is 0 Å². The van der Waals surface area contributed by atoms with Crippen molar-refractivity contribution in [3.8, 4) is 11.3 Å². The van der Waals surface area contributed by atoms with Crippen molar-refractivity contribution in [2.24, 2.45) is 4.99 Å². The lowest BCUT2D eigenvalue weighted by molar-refractivity contribution is 0.0696. The number of aromatic carboxylic acids is 1. The second kappa shape index (κ2) is 8.85. The maximum absolute atomic E-state index is 11.9. The molecule has 3 rings (SSSR count). The molecule has 0 radical (unpaired) electrons. The van der Waals surface area contributed by atoms with Crippen LogP contribution in [0.2, 0.25) is 0 Å². The molecule has 0 aliphatic heterocycles. The van der Waals surface area contributed by atoms with E-state index in [-0.39, 0.29) is 12.3 Å². The summed E-state index contributed by atoms with van der Waals surface area (Å²) in [5.74, 6) is -0.0677. The van der Waals surface area contributed by atoms with Crippen molar-refractivity contribution in [1.82, 2.24) is 14.5 Å². The standard InChI is InChI=1S/C21H27N5O3S/c1-23-10-15-6-5-14(9-17(15)22)19-18-16(21(27)28)11-26(20(18)25-12-24-19)13-29-7-8-30(2,3)4/h5-6,9-12H,7-8,13,22H2,1-4H3,(H,27,28). The van der Waals surface area contributed by atoms with Crippen LogP contribution in [0.4, 0.5) is 5.69 Å². The number of carboxylic acids is 1. The second-order valence-corrected chi connectivity index (χ2v) is 12.4. The Labute approximate surface area is 177 Å². The number of aromatic nitrogens is 3. The van der Waals surface area contributed by atoms with E-state index >= 15 is 0 Å². The molecular weight excluding hydrogens is 402 g/mol. The van der Waals surface area contributed by atoms with E-state index < -0.39 is 16.0 Å². The van der Waals surface area contributed by atoms with E-state index in [0.29, 0.717) is 34.6 Å². The van der Waals surface area contributed by atoms with Crippen LogP contribution in [0.15, 0.2) is 35.7 Å². The third-order valence-corrected chi connectivity index (χ3v) is 5.97. The van der Waals surface area contributed by atoms with Crippen molar-refractivity contribution < 1.29 is 14.6 Å². The van der Waals surface area contributed by atoms with E-state index in [0.717, 1.165) is 11.3 Å². The Morgan fingerprint density at radius 3 is 2.73 bits per heavy atom. The summed E-state index contributed by atoms with van der Waals surface area (Å²) >= 11 is 0. The Hall–Kier alpha value is -2.91. The molecule has 0 saturated heterocycles. The van der Waals surface area contributed by atoms with Gasteiger partial charge < -0.3 is 20.1 Å². The van der Waals surface area contributed by atoms with Crippen LogP contribution in [0.25, 0.3) is 22.3 Å². The molecule has 160 valence electrons. The van der Waals surface area contributed by atoms with Gasteiger partial charge in [-0.05, 0) is 24.8 Å². The summed E-state index contributed by atoms with van der Waals surface area (Å²) < 4.78 is 7.51. The highest BCUT2D eigenvalue weighted by atomic mass is 32.3. The maximum Gasteiger partial charge on any atom is 0.338 e. The van der Waals surface area contributed by atoms with Gasteiger partial charge in [-0.1, -0.05) is 12.1 Å². The van der Waals surface area contributed by atoms with E-state index in [1.807, 2.05) is 12.1 Å². The summed E-state index contributed by atoms with van der Waals surface area (Å²) in [6, 6.07) is 5.45. The third-order valence-electron chi connectivity index (χ3n) is 4.58. The monoisotopic (exact) mass is 429 g/mol. The number of carbonyl (C=O) groups is 1. The van der Waals surface area contributed by atoms with E-state index in [1.54, 1.807) is 30.1 Å². The lowest BCUT2D eigenvalue weighted by Crippen LogP contribution is -2.09. The number of nitrogen functional groups attached to an aromatic ring is 1. The molecule has 0 spiro atoms. The van der Waals surface area contributed by atoms with Gasteiger partial charge in [0, 0.05) is 42.0 Å². The van der Waals surface area contributed by atoms with Gasteiger partial charge in [0.1, 0.15) is 18.7 Å². The number of fused-ring (bicyclic) bond motifs is 1. The van der Waals surface area contributed by atoms with Crippen LogP contribution in [0.1, 0.15) is 15.9 Å². The molecule has 0 atom stereocenters. The minimum atomic E-state index is -1.04. The van der Waals surface area contributed by atoms with Crippen molar-refractivity contribution in [3.05, 3.63) is 41.9 Å². The fourth-order valence-electron chi connectivity index (χ4n) is 3.05. The van der Waals surface area contributed by atoms with Crippen molar-refractivity contribution in [1.29, 1.82) is 0 Å². The molecule has 30 heavy (non-hydrogen) atoms. The first kappa shape index (κ1) is 21.8. The fourth-order valence-corrected chi connectivity index (χ4v) is 3.67. The summed E-state index contributed by atoms with van der Waals surface area (Å²) in [6.45, 7) is 0.833. The highest BCUT2D eigenvalue weighted by Gasteiger charge is 2.21. The molecule has 0 fully saturated rings. The number of nitrogens with zero attached hydrogens (tertiary/aromatic N) is 4. The molecule has 2 heterocycles. The van der Waals surface area contributed by atoms with Crippen LogP contribution in [0.5, 0.6) is 0 Å². The van der Waals surface area contributed by atoms with Gasteiger partial charge >= 0.3 is 5.97 Å². The van der Waals surface area contributed by atoms with Crippen LogP contribution in [-0.4, -0.2) is 70.0 Å². The van der Waals surface area contributed by atoms with Crippen molar-refractivity contribution in [2.45, 2.75) is 6.73 Å². The van der Waals surface area contributed by atoms with Gasteiger partial charge in [-0.3, -0.25) is 4.99 Å². The molecule has 0 saturated carbocycles. The Bertz CT molecular complexity index is 1100. The lowest BCUT2D eigenvalue weighted by Gasteiger charge is -2.24. The van der Waals surface area contributed by atoms with Crippen LogP contribution in [0.3, 0.4) is 0 Å². The first-order chi connectivity index (χ1) is 14.2. The second-order valence-electron chi connectivity index (χ2n) is 7.80. The molecular formula is C21H27N5O3S. The molecule has 9 heteroatoms. The predicted molar refractivity (Wildman–Crippen MR) is 124 cm³/mol. The summed E-state index contributed by atoms with van der Waals surface area (Å²) in [5, 5.41) is 10.2. The minimum Gasteiger partial charge on any atom is -0.478 e. The molecule has 0 amide bonds. The molecule has 3 N–H and O–H groups in total. The SMILES string of the molecule is CN=Cc1ccc(-c2ncnc3c2c(C(=O)O)cn3COCCS(C)(C)C)cc1N. The first-order valence-electron chi connectivity index (χ1n) is 9.34. The molecule has 1 aromatic carbocycles. The summed E-state index contributed by atoms with van der Waals surface area (Å²) in [7, 11) is 1.02. The normalized spacial score (nSPS) is 12.7. The molecule has 0 aliphatic rings. The smallest absolute Gasteiger partial charge is 0.338 e. The zero-order chi connectivity index (χ0) is 21.9. The van der Waals surface area contributed by atoms with E-state index in [1.165, 1.54) is 6.33 Å². The van der Waals surface area contributed by atoms with Crippen molar-refractivity contribution in [3.63, 3.8) is 0 Å². The van der Waals surface area contributed by atoms with Crippen molar-refractivity contribution >= 4 is 38.9 Å². The van der Waals surface area contributed by atoms with Crippen molar-refractivity contribution in [2.75, 3.05) is 43.9 Å². The molecule has 0 bridgehead atoms. The van der Waals surface area contributed by atoms with Gasteiger partial charge in [-0.15, -0.1) is 0 Å². The number of anilines is 1. The van der Waals surface area contributed by atoms with Crippen LogP contribution >= 0.6 is 10.0 Å². The first-order valence-corrected chi connectivity index (χ1v) is 12.4. The summed E-state index contributed by atoms with van der Waals surface area (Å²) in [4.78, 5) is 24.6. The zero-order valence-corrected chi connectivity index (χ0v) is 18.4. The number of carboxylic acid groups (broad SMARTS) is 1. The Balaban J connectivity index is 2.02. The molecule has 0 unspecified atom stereocenters. The molecule has 3 aromatic rings. The van der Waals surface area contributed by atoms with Gasteiger partial charge in [0.05, 0.1) is 23.3 Å².